The Bertz CT molecular complexity index is 2280. The Balaban J connectivity index is 1.30. The number of oxazole rings is 1. The first kappa shape index (κ1) is 35.1. The first-order valence-corrected chi connectivity index (χ1v) is 19.3. The molecule has 2 saturated carbocycles. The standard InChI is InChI=1S/C34H35F3N4O9S2/c1-17-25-28(42)41(34(9-10-34)30(43)39-52(45,46)33(2)7-8-33)32(44)40(29(25)51-26(17)27-38-11-12-47-27)16-24(49-21-14-19-4-5-20(15-21)48-19)22-13-18(35)3-6-23(22)50-31(36)37/h3,6,11-13,19-21,24,31H,4-5,7-10,14-16H2,1-2H3,(H,39,43)/t19-,20+,21-,24-/m0/s1. The molecule has 2 bridgehead atoms. The second-order valence-electron chi connectivity index (χ2n) is 14.3. The molecule has 0 spiro atoms. The summed E-state index contributed by atoms with van der Waals surface area (Å²) in [5, 5.41) is 0.0417. The number of fused-ring (bicyclic) bond motifs is 3. The molecule has 4 fully saturated rings. The maximum Gasteiger partial charge on any atom is 0.387 e. The molecule has 52 heavy (non-hydrogen) atoms. The van der Waals surface area contributed by atoms with Crippen LogP contribution in [0.4, 0.5) is 13.2 Å². The first-order valence-electron chi connectivity index (χ1n) is 17.0. The van der Waals surface area contributed by atoms with Gasteiger partial charge in [-0.15, -0.1) is 11.3 Å². The number of sulfonamides is 1. The summed E-state index contributed by atoms with van der Waals surface area (Å²) in [5.41, 5.74) is -3.32. The Morgan fingerprint density at radius 1 is 1.15 bits per heavy atom. The van der Waals surface area contributed by atoms with Crippen LogP contribution in [-0.2, 0) is 36.4 Å². The van der Waals surface area contributed by atoms with Gasteiger partial charge in [0.1, 0.15) is 34.3 Å². The highest BCUT2D eigenvalue weighted by molar-refractivity contribution is 7.91. The van der Waals surface area contributed by atoms with Gasteiger partial charge in [0, 0.05) is 5.56 Å². The third-order valence-corrected chi connectivity index (χ3v) is 14.2. The number of carbonyl (C=O) groups is 1. The summed E-state index contributed by atoms with van der Waals surface area (Å²) < 4.78 is 94.3. The normalized spacial score (nSPS) is 23.5. The Morgan fingerprint density at radius 2 is 1.87 bits per heavy atom. The van der Waals surface area contributed by atoms with Gasteiger partial charge in [0.2, 0.25) is 15.9 Å². The van der Waals surface area contributed by atoms with Gasteiger partial charge in [-0.1, -0.05) is 0 Å². The lowest BCUT2D eigenvalue weighted by Crippen LogP contribution is -2.53. The second kappa shape index (κ2) is 12.6. The molecule has 2 aliphatic carbocycles. The largest absolute Gasteiger partial charge is 0.444 e. The summed E-state index contributed by atoms with van der Waals surface area (Å²) >= 11 is 1.01. The lowest BCUT2D eigenvalue weighted by molar-refractivity contribution is -0.124. The van der Waals surface area contributed by atoms with Crippen molar-refractivity contribution in [3.8, 4) is 16.5 Å². The molecule has 4 aromatic rings. The zero-order valence-electron chi connectivity index (χ0n) is 28.1. The molecule has 0 radical (unpaired) electrons. The maximum atomic E-state index is 14.9. The highest BCUT2D eigenvalue weighted by atomic mass is 32.2. The van der Waals surface area contributed by atoms with Crippen LogP contribution in [0.25, 0.3) is 21.0 Å². The minimum atomic E-state index is -4.13. The molecule has 5 heterocycles. The number of rotatable bonds is 12. The van der Waals surface area contributed by atoms with Crippen LogP contribution in [-0.4, -0.2) is 58.1 Å². The average Bonchev–Trinajstić information content (AvgIpc) is 3.89. The Labute approximate surface area is 298 Å². The van der Waals surface area contributed by atoms with E-state index in [4.69, 9.17) is 18.6 Å². The number of benzene rings is 1. The molecule has 4 atom stereocenters. The number of hydrogen-bond donors (Lipinski definition) is 1. The van der Waals surface area contributed by atoms with Crippen LogP contribution in [0.15, 0.2) is 44.7 Å². The fraction of sp³-hybridized carbons (Fsp3) is 0.529. The van der Waals surface area contributed by atoms with Crippen molar-refractivity contribution < 1.29 is 45.0 Å². The first-order chi connectivity index (χ1) is 24.7. The molecule has 278 valence electrons. The van der Waals surface area contributed by atoms with E-state index in [-0.39, 0.29) is 52.5 Å². The molecule has 4 aliphatic rings. The predicted octanol–water partition coefficient (Wildman–Crippen LogP) is 4.88. The van der Waals surface area contributed by atoms with E-state index in [0.29, 0.717) is 36.1 Å². The van der Waals surface area contributed by atoms with Gasteiger partial charge in [-0.2, -0.15) is 8.78 Å². The van der Waals surface area contributed by atoms with Gasteiger partial charge < -0.3 is 18.6 Å². The van der Waals surface area contributed by atoms with E-state index in [0.717, 1.165) is 46.9 Å². The zero-order chi connectivity index (χ0) is 36.7. The minimum Gasteiger partial charge on any atom is -0.444 e. The molecule has 0 unspecified atom stereocenters. The lowest BCUT2D eigenvalue weighted by atomic mass is 10.0. The van der Waals surface area contributed by atoms with Crippen molar-refractivity contribution in [2.45, 2.75) is 113 Å². The summed E-state index contributed by atoms with van der Waals surface area (Å²) in [7, 11) is -4.13. The summed E-state index contributed by atoms with van der Waals surface area (Å²) in [4.78, 5) is 47.7. The number of alkyl halides is 2. The summed E-state index contributed by atoms with van der Waals surface area (Å²) in [6.07, 6.45) is 4.14. The van der Waals surface area contributed by atoms with Crippen LogP contribution in [0.1, 0.15) is 75.5 Å². The molecule has 13 nitrogen and oxygen atoms in total. The van der Waals surface area contributed by atoms with Gasteiger partial charge in [-0.05, 0) is 89.0 Å². The number of aryl methyl sites for hydroxylation is 1. The van der Waals surface area contributed by atoms with Crippen LogP contribution < -0.4 is 20.7 Å². The third kappa shape index (κ3) is 5.96. The molecule has 1 aromatic carbocycles. The van der Waals surface area contributed by atoms with Crippen molar-refractivity contribution in [2.24, 2.45) is 0 Å². The highest BCUT2D eigenvalue weighted by Gasteiger charge is 2.58. The molecule has 1 amide bonds. The number of amides is 1. The number of hydrogen-bond acceptors (Lipinski definition) is 11. The quantitative estimate of drug-likeness (QED) is 0.211. The zero-order valence-corrected chi connectivity index (χ0v) is 29.7. The molecule has 8 rings (SSSR count). The Hall–Kier alpha value is -4.00. The van der Waals surface area contributed by atoms with Crippen LogP contribution in [0.3, 0.4) is 0 Å². The van der Waals surface area contributed by atoms with Gasteiger partial charge >= 0.3 is 12.3 Å². The Kier molecular flexibility index (Phi) is 8.46. The highest BCUT2D eigenvalue weighted by Crippen LogP contribution is 2.46. The van der Waals surface area contributed by atoms with Gasteiger partial charge in [0.25, 0.3) is 11.5 Å². The van der Waals surface area contributed by atoms with E-state index < -0.39 is 68.6 Å². The van der Waals surface area contributed by atoms with Gasteiger partial charge in [-0.3, -0.25) is 18.9 Å². The van der Waals surface area contributed by atoms with E-state index in [1.807, 2.05) is 0 Å². The van der Waals surface area contributed by atoms with Crippen molar-refractivity contribution in [1.82, 2.24) is 18.8 Å². The monoisotopic (exact) mass is 764 g/mol. The maximum absolute atomic E-state index is 14.9. The minimum absolute atomic E-state index is 0.00253. The van der Waals surface area contributed by atoms with Crippen LogP contribution in [0.2, 0.25) is 0 Å². The van der Waals surface area contributed by atoms with Crippen molar-refractivity contribution in [3.05, 3.63) is 68.4 Å². The van der Waals surface area contributed by atoms with Crippen LogP contribution in [0, 0.1) is 12.7 Å². The number of nitrogens with zero attached hydrogens (tertiary/aromatic N) is 3. The molecular weight excluding hydrogens is 730 g/mol. The molecule has 18 heteroatoms. The predicted molar refractivity (Wildman–Crippen MR) is 180 cm³/mol. The number of carbonyl (C=O) groups excluding carboxylic acids is 1. The number of nitrogens with one attached hydrogen (secondary N) is 1. The lowest BCUT2D eigenvalue weighted by Gasteiger charge is -2.32. The fourth-order valence-electron chi connectivity index (χ4n) is 7.39. The van der Waals surface area contributed by atoms with E-state index in [1.165, 1.54) is 24.0 Å². The van der Waals surface area contributed by atoms with E-state index in [2.05, 4.69) is 9.71 Å². The third-order valence-electron chi connectivity index (χ3n) is 10.7. The topological polar surface area (TPSA) is 161 Å². The molecule has 3 aromatic heterocycles. The molecule has 2 saturated heterocycles. The van der Waals surface area contributed by atoms with E-state index in [1.54, 1.807) is 6.92 Å². The number of halogens is 3. The van der Waals surface area contributed by atoms with Crippen molar-refractivity contribution in [2.75, 3.05) is 0 Å². The number of thiophene rings is 1. The molecular formula is C34H35F3N4O9S2. The summed E-state index contributed by atoms with van der Waals surface area (Å²) in [5.74, 6) is -1.98. The smallest absolute Gasteiger partial charge is 0.387 e. The second-order valence-corrected chi connectivity index (χ2v) is 17.5. The summed E-state index contributed by atoms with van der Waals surface area (Å²) in [6.45, 7) is -0.547. The molecule has 1 N–H and O–H groups in total. The van der Waals surface area contributed by atoms with Crippen LogP contribution >= 0.6 is 11.3 Å². The SMILES string of the molecule is Cc1c(-c2ncco2)sc2c1c(=O)n(C1(C(=O)NS(=O)(=O)C3(C)CC3)CC1)c(=O)n2C[C@H](O[C@@H]1C[C@H]2CC[C@@H](C1)O2)c1cc(F)ccc1OC(F)F. The van der Waals surface area contributed by atoms with Crippen LogP contribution in [0.5, 0.6) is 5.75 Å². The number of ether oxygens (including phenoxy) is 3. The van der Waals surface area contributed by atoms with E-state index >= 15 is 0 Å². The number of aromatic nitrogens is 3. The van der Waals surface area contributed by atoms with Gasteiger partial charge in [0.15, 0.2) is 0 Å². The summed E-state index contributed by atoms with van der Waals surface area (Å²) in [6, 6.07) is 3.03. The average molecular weight is 765 g/mol. The van der Waals surface area contributed by atoms with E-state index in [9.17, 15) is 36.0 Å². The fourth-order valence-corrected chi connectivity index (χ4v) is 9.95. The van der Waals surface area contributed by atoms with Crippen molar-refractivity contribution in [1.29, 1.82) is 0 Å². The van der Waals surface area contributed by atoms with Gasteiger partial charge in [-0.25, -0.2) is 27.2 Å². The van der Waals surface area contributed by atoms with Crippen molar-refractivity contribution >= 4 is 37.5 Å². The molecule has 2 aliphatic heterocycles. The Morgan fingerprint density at radius 3 is 2.48 bits per heavy atom. The van der Waals surface area contributed by atoms with Gasteiger partial charge in [0.05, 0.1) is 46.1 Å². The van der Waals surface area contributed by atoms with Crippen molar-refractivity contribution in [3.63, 3.8) is 0 Å².